The Morgan fingerprint density at radius 3 is 2.36 bits per heavy atom. The van der Waals surface area contributed by atoms with E-state index in [4.69, 9.17) is 11.6 Å². The van der Waals surface area contributed by atoms with Crippen molar-refractivity contribution in [3.63, 3.8) is 0 Å². The van der Waals surface area contributed by atoms with Gasteiger partial charge in [0.15, 0.2) is 0 Å². The van der Waals surface area contributed by atoms with Gasteiger partial charge in [0.05, 0.1) is 26.9 Å². The molecule has 0 spiro atoms. The molecule has 0 bridgehead atoms. The number of sulfonamides is 1. The second-order valence-electron chi connectivity index (χ2n) is 7.73. The van der Waals surface area contributed by atoms with Crippen LogP contribution < -0.4 is 9.73 Å². The van der Waals surface area contributed by atoms with Gasteiger partial charge in [0, 0.05) is 3.57 Å². The quantitative estimate of drug-likeness (QED) is 0.194. The third-order valence-electron chi connectivity index (χ3n) is 5.03. The number of rotatable bonds is 7. The van der Waals surface area contributed by atoms with Gasteiger partial charge in [-0.2, -0.15) is 18.3 Å². The molecule has 0 atom stereocenters. The number of alkyl halides is 3. The molecule has 0 unspecified atom stereocenters. The summed E-state index contributed by atoms with van der Waals surface area (Å²) in [6, 6.07) is 15.7. The molecule has 36 heavy (non-hydrogen) atoms. The lowest BCUT2D eigenvalue weighted by Crippen LogP contribution is -2.40. The van der Waals surface area contributed by atoms with Crippen LogP contribution in [0.5, 0.6) is 0 Å². The van der Waals surface area contributed by atoms with E-state index >= 15 is 0 Å². The Morgan fingerprint density at radius 1 is 1.08 bits per heavy atom. The SMILES string of the molecule is C/C(=N/NC(=O)CN(c1ccc(Cl)c(C(F)(F)F)c1)S(=O)(=O)c1ccc(C)cc1)c1cccc(I)c1. The van der Waals surface area contributed by atoms with Gasteiger partial charge < -0.3 is 0 Å². The number of amides is 1. The van der Waals surface area contributed by atoms with Gasteiger partial charge in [-0.25, -0.2) is 13.8 Å². The molecular weight excluding hydrogens is 630 g/mol. The van der Waals surface area contributed by atoms with Crippen LogP contribution in [0.25, 0.3) is 0 Å². The third-order valence-corrected chi connectivity index (χ3v) is 7.82. The van der Waals surface area contributed by atoms with Crippen LogP contribution in [0.15, 0.2) is 76.7 Å². The first-order chi connectivity index (χ1) is 16.8. The van der Waals surface area contributed by atoms with E-state index in [9.17, 15) is 26.4 Å². The Labute approximate surface area is 225 Å². The number of hydrazone groups is 1. The van der Waals surface area contributed by atoms with Gasteiger partial charge in [-0.1, -0.05) is 41.4 Å². The molecule has 0 saturated heterocycles. The van der Waals surface area contributed by atoms with E-state index in [0.29, 0.717) is 16.1 Å². The van der Waals surface area contributed by atoms with Crippen LogP contribution in [-0.4, -0.2) is 26.6 Å². The average molecular weight is 650 g/mol. The van der Waals surface area contributed by atoms with Gasteiger partial charge in [-0.15, -0.1) is 0 Å². The Balaban J connectivity index is 1.98. The van der Waals surface area contributed by atoms with E-state index in [1.807, 2.05) is 18.2 Å². The smallest absolute Gasteiger partial charge is 0.271 e. The van der Waals surface area contributed by atoms with Crippen molar-refractivity contribution in [1.29, 1.82) is 0 Å². The molecule has 0 aromatic heterocycles. The highest BCUT2D eigenvalue weighted by atomic mass is 127. The lowest BCUT2D eigenvalue weighted by atomic mass is 10.1. The summed E-state index contributed by atoms with van der Waals surface area (Å²) in [5.74, 6) is -0.848. The molecule has 3 aromatic rings. The molecule has 12 heteroatoms. The maximum Gasteiger partial charge on any atom is 0.417 e. The van der Waals surface area contributed by atoms with Crippen LogP contribution >= 0.6 is 34.2 Å². The monoisotopic (exact) mass is 649 g/mol. The Morgan fingerprint density at radius 2 is 1.75 bits per heavy atom. The predicted molar refractivity (Wildman–Crippen MR) is 142 cm³/mol. The molecule has 1 N–H and O–H groups in total. The highest BCUT2D eigenvalue weighted by molar-refractivity contribution is 14.1. The first-order valence-corrected chi connectivity index (χ1v) is 13.2. The minimum atomic E-state index is -4.83. The fraction of sp³-hybridized carbons (Fsp3) is 0.167. The fourth-order valence-corrected chi connectivity index (χ4v) is 5.31. The lowest BCUT2D eigenvalue weighted by molar-refractivity contribution is -0.137. The Kier molecular flexibility index (Phi) is 8.67. The van der Waals surface area contributed by atoms with Gasteiger partial charge in [-0.3, -0.25) is 9.10 Å². The summed E-state index contributed by atoms with van der Waals surface area (Å²) in [7, 11) is -4.42. The number of anilines is 1. The van der Waals surface area contributed by atoms with E-state index < -0.39 is 39.2 Å². The molecule has 0 aliphatic carbocycles. The maximum absolute atomic E-state index is 13.5. The van der Waals surface area contributed by atoms with E-state index in [2.05, 4.69) is 33.1 Å². The number of benzene rings is 3. The molecule has 0 aliphatic heterocycles. The summed E-state index contributed by atoms with van der Waals surface area (Å²) in [5.41, 5.74) is 2.66. The zero-order valence-electron chi connectivity index (χ0n) is 19.0. The number of hydrogen-bond acceptors (Lipinski definition) is 4. The average Bonchev–Trinajstić information content (AvgIpc) is 2.81. The van der Waals surface area contributed by atoms with Crippen molar-refractivity contribution in [3.8, 4) is 0 Å². The number of hydrogen-bond donors (Lipinski definition) is 1. The van der Waals surface area contributed by atoms with E-state index in [0.717, 1.165) is 26.8 Å². The van der Waals surface area contributed by atoms with Crippen molar-refractivity contribution >= 4 is 61.5 Å². The number of nitrogens with zero attached hydrogens (tertiary/aromatic N) is 2. The third kappa shape index (κ3) is 6.77. The fourth-order valence-electron chi connectivity index (χ4n) is 3.13. The Bertz CT molecular complexity index is 1410. The summed E-state index contributed by atoms with van der Waals surface area (Å²) in [6.45, 7) is 2.59. The maximum atomic E-state index is 13.5. The lowest BCUT2D eigenvalue weighted by Gasteiger charge is -2.25. The molecular formula is C24H20ClF3IN3O3S. The normalized spacial score (nSPS) is 12.4. The summed E-state index contributed by atoms with van der Waals surface area (Å²) in [4.78, 5) is 12.5. The van der Waals surface area contributed by atoms with Crippen molar-refractivity contribution in [2.75, 3.05) is 10.8 Å². The van der Waals surface area contributed by atoms with Crippen LogP contribution in [0.2, 0.25) is 5.02 Å². The van der Waals surface area contributed by atoms with Crippen LogP contribution in [0.1, 0.15) is 23.6 Å². The van der Waals surface area contributed by atoms with Crippen molar-refractivity contribution in [3.05, 3.63) is 92.0 Å². The standard InChI is InChI=1S/C24H20ClF3IN3O3S/c1-15-6-9-20(10-7-15)36(34,35)32(19-8-11-22(25)21(13-19)24(26,27)28)14-23(33)31-30-16(2)17-4-3-5-18(29)12-17/h3-13H,14H2,1-2H3,(H,31,33)/b30-16-. The van der Waals surface area contributed by atoms with E-state index in [1.165, 1.54) is 12.1 Å². The van der Waals surface area contributed by atoms with E-state index in [1.54, 1.807) is 32.0 Å². The number of carbonyl (C=O) groups excluding carboxylic acids is 1. The summed E-state index contributed by atoms with van der Waals surface area (Å²) in [5, 5.41) is 3.41. The zero-order valence-corrected chi connectivity index (χ0v) is 22.7. The summed E-state index contributed by atoms with van der Waals surface area (Å²) < 4.78 is 68.8. The van der Waals surface area contributed by atoms with Gasteiger partial charge in [-0.05, 0) is 84.5 Å². The number of aryl methyl sites for hydroxylation is 1. The number of nitrogens with one attached hydrogen (secondary N) is 1. The van der Waals surface area contributed by atoms with Gasteiger partial charge in [0.25, 0.3) is 15.9 Å². The molecule has 0 aliphatic rings. The summed E-state index contributed by atoms with van der Waals surface area (Å²) >= 11 is 7.83. The highest BCUT2D eigenvalue weighted by Crippen LogP contribution is 2.38. The zero-order chi connectivity index (χ0) is 26.7. The van der Waals surface area contributed by atoms with Crippen molar-refractivity contribution in [1.82, 2.24) is 5.43 Å². The molecule has 0 saturated carbocycles. The van der Waals surface area contributed by atoms with E-state index in [-0.39, 0.29) is 10.6 Å². The minimum Gasteiger partial charge on any atom is -0.271 e. The second kappa shape index (κ2) is 11.2. The van der Waals surface area contributed by atoms with Gasteiger partial charge in [0.1, 0.15) is 6.54 Å². The van der Waals surface area contributed by atoms with Crippen LogP contribution in [-0.2, 0) is 21.0 Å². The largest absolute Gasteiger partial charge is 0.417 e. The molecule has 0 heterocycles. The molecule has 6 nitrogen and oxygen atoms in total. The van der Waals surface area contributed by atoms with Gasteiger partial charge >= 0.3 is 6.18 Å². The molecule has 190 valence electrons. The number of halogens is 5. The number of carbonyl (C=O) groups is 1. The second-order valence-corrected chi connectivity index (χ2v) is 11.2. The molecule has 3 rings (SSSR count). The molecule has 0 radical (unpaired) electrons. The summed E-state index contributed by atoms with van der Waals surface area (Å²) in [6.07, 6.45) is -4.83. The first-order valence-electron chi connectivity index (χ1n) is 10.3. The minimum absolute atomic E-state index is 0.192. The predicted octanol–water partition coefficient (Wildman–Crippen LogP) is 6.01. The van der Waals surface area contributed by atoms with Crippen molar-refractivity contribution in [2.24, 2.45) is 5.10 Å². The van der Waals surface area contributed by atoms with Gasteiger partial charge in [0.2, 0.25) is 0 Å². The van der Waals surface area contributed by atoms with Crippen molar-refractivity contribution in [2.45, 2.75) is 24.9 Å². The molecule has 0 fully saturated rings. The molecule has 1 amide bonds. The van der Waals surface area contributed by atoms with Crippen LogP contribution in [0.4, 0.5) is 18.9 Å². The highest BCUT2D eigenvalue weighted by Gasteiger charge is 2.35. The topological polar surface area (TPSA) is 78.8 Å². The van der Waals surface area contributed by atoms with Crippen molar-refractivity contribution < 1.29 is 26.4 Å². The Hall–Kier alpha value is -2.64. The van der Waals surface area contributed by atoms with Crippen LogP contribution in [0, 0.1) is 10.5 Å². The first kappa shape index (κ1) is 27.9. The van der Waals surface area contributed by atoms with Crippen LogP contribution in [0.3, 0.4) is 0 Å². The molecule has 3 aromatic carbocycles.